The lowest BCUT2D eigenvalue weighted by Gasteiger charge is -2.35. The topological polar surface area (TPSA) is 143 Å². The molecule has 0 bridgehead atoms. The number of carbonyl (C=O) groups excluding carboxylic acids is 1. The molecule has 0 unspecified atom stereocenters. The maximum absolute atomic E-state index is 14.3. The number of halogens is 1. The van der Waals surface area contributed by atoms with Crippen molar-refractivity contribution in [1.29, 1.82) is 0 Å². The van der Waals surface area contributed by atoms with Crippen LogP contribution in [0.2, 0.25) is 5.02 Å². The van der Waals surface area contributed by atoms with Gasteiger partial charge < -0.3 is 19.5 Å². The Labute approximate surface area is 286 Å². The van der Waals surface area contributed by atoms with Gasteiger partial charge in [0, 0.05) is 43.4 Å². The number of carbonyl (C=O) groups is 1. The fourth-order valence-electron chi connectivity index (χ4n) is 5.21. The van der Waals surface area contributed by atoms with E-state index in [-0.39, 0.29) is 52.1 Å². The molecule has 4 atom stereocenters. The number of ether oxygens (including phenoxy) is 2. The summed E-state index contributed by atoms with van der Waals surface area (Å²) < 4.78 is 69.2. The SMILES string of the molecule is C[C@@H]1CN([C@H](C)CO)C(=O)c2cc(NS(=O)(=O)c3cccs3)ccc2O[C@@H](C)CCCCO[C@@H]1CN(C)S(=O)(=O)c1ccc(Cl)cc1. The Hall–Kier alpha value is -2.72. The van der Waals surface area contributed by atoms with E-state index in [9.17, 15) is 26.7 Å². The monoisotopic (exact) mass is 727 g/mol. The molecule has 47 heavy (non-hydrogen) atoms. The molecular weight excluding hydrogens is 686 g/mol. The van der Waals surface area contributed by atoms with E-state index < -0.39 is 38.1 Å². The lowest BCUT2D eigenvalue weighted by molar-refractivity contribution is -0.00833. The number of sulfonamides is 2. The maximum atomic E-state index is 14.3. The van der Waals surface area contributed by atoms with Crippen molar-refractivity contribution in [3.05, 3.63) is 70.6 Å². The summed E-state index contributed by atoms with van der Waals surface area (Å²) in [7, 11) is -6.27. The number of likely N-dealkylation sites (N-methyl/N-ethyl adjacent to an activating group) is 1. The summed E-state index contributed by atoms with van der Waals surface area (Å²) in [6.45, 7) is 5.63. The van der Waals surface area contributed by atoms with Crippen LogP contribution < -0.4 is 9.46 Å². The van der Waals surface area contributed by atoms with E-state index >= 15 is 0 Å². The van der Waals surface area contributed by atoms with E-state index in [4.69, 9.17) is 21.1 Å². The van der Waals surface area contributed by atoms with Gasteiger partial charge in [-0.15, -0.1) is 11.3 Å². The van der Waals surface area contributed by atoms with E-state index in [1.807, 2.05) is 13.8 Å². The minimum atomic E-state index is -3.88. The number of anilines is 1. The molecule has 0 saturated heterocycles. The van der Waals surface area contributed by atoms with Crippen LogP contribution in [-0.4, -0.2) is 88.7 Å². The summed E-state index contributed by atoms with van der Waals surface area (Å²) in [6.07, 6.45) is 1.26. The first-order valence-corrected chi connectivity index (χ1v) is 19.5. The number of nitrogens with zero attached hydrogens (tertiary/aromatic N) is 2. The minimum absolute atomic E-state index is 0.0202. The fraction of sp³-hybridized carbons (Fsp3) is 0.469. The number of fused-ring (bicyclic) bond motifs is 1. The van der Waals surface area contributed by atoms with E-state index in [0.717, 1.165) is 17.8 Å². The lowest BCUT2D eigenvalue weighted by atomic mass is 10.0. The van der Waals surface area contributed by atoms with Crippen LogP contribution in [0.25, 0.3) is 0 Å². The summed E-state index contributed by atoms with van der Waals surface area (Å²) in [4.78, 5) is 15.9. The van der Waals surface area contributed by atoms with Crippen LogP contribution in [0.4, 0.5) is 5.69 Å². The van der Waals surface area contributed by atoms with E-state index in [1.54, 1.807) is 30.5 Å². The molecule has 0 fully saturated rings. The summed E-state index contributed by atoms with van der Waals surface area (Å²) in [5.41, 5.74) is 0.315. The van der Waals surface area contributed by atoms with E-state index in [0.29, 0.717) is 30.2 Å². The number of nitrogens with one attached hydrogen (secondary N) is 1. The molecule has 15 heteroatoms. The molecule has 1 aliphatic heterocycles. The van der Waals surface area contributed by atoms with Gasteiger partial charge in [-0.05, 0) is 87.0 Å². The predicted molar refractivity (Wildman–Crippen MR) is 183 cm³/mol. The zero-order valence-electron chi connectivity index (χ0n) is 26.8. The molecule has 3 aromatic rings. The van der Waals surface area contributed by atoms with Gasteiger partial charge in [-0.3, -0.25) is 9.52 Å². The van der Waals surface area contributed by atoms with Gasteiger partial charge in [0.25, 0.3) is 15.9 Å². The third kappa shape index (κ3) is 9.46. The fourth-order valence-corrected chi connectivity index (χ4v) is 8.56. The zero-order valence-corrected chi connectivity index (χ0v) is 30.0. The molecule has 0 aliphatic carbocycles. The Morgan fingerprint density at radius 1 is 1.11 bits per heavy atom. The maximum Gasteiger partial charge on any atom is 0.271 e. The highest BCUT2D eigenvalue weighted by Crippen LogP contribution is 2.30. The lowest BCUT2D eigenvalue weighted by Crippen LogP contribution is -2.48. The van der Waals surface area contributed by atoms with Gasteiger partial charge in [-0.25, -0.2) is 16.8 Å². The first-order chi connectivity index (χ1) is 22.2. The Morgan fingerprint density at radius 2 is 1.83 bits per heavy atom. The van der Waals surface area contributed by atoms with Crippen molar-refractivity contribution in [2.45, 2.75) is 67.4 Å². The Balaban J connectivity index is 1.67. The van der Waals surface area contributed by atoms with Crippen LogP contribution >= 0.6 is 22.9 Å². The number of benzene rings is 2. The predicted octanol–water partition coefficient (Wildman–Crippen LogP) is 5.32. The molecule has 0 saturated carbocycles. The van der Waals surface area contributed by atoms with Crippen LogP contribution in [-0.2, 0) is 24.8 Å². The molecular formula is C32H42ClN3O8S3. The van der Waals surface area contributed by atoms with Gasteiger partial charge in [0.05, 0.1) is 35.3 Å². The second-order valence-corrected chi connectivity index (χ2v) is 17.1. The van der Waals surface area contributed by atoms with E-state index in [2.05, 4.69) is 4.72 Å². The normalized spacial score (nSPS) is 21.0. The molecule has 1 amide bonds. The molecule has 1 aliphatic rings. The average molecular weight is 728 g/mol. The Bertz CT molecular complexity index is 1700. The number of aliphatic hydroxyl groups excluding tert-OH is 1. The molecule has 11 nitrogen and oxygen atoms in total. The molecule has 0 radical (unpaired) electrons. The van der Waals surface area contributed by atoms with Crippen molar-refractivity contribution >= 4 is 54.6 Å². The Kier molecular flexibility index (Phi) is 12.7. The standard InChI is InChI=1S/C32H42ClN3O8S3/c1-22-19-36(23(2)21-37)32(38)28-18-26(34-46(39,40)31-9-7-17-45-31)12-15-29(28)44-24(3)8-5-6-16-43-30(22)20-35(4)47(41,42)27-13-10-25(33)11-14-27/h7,9-15,17-18,22-24,30,34,37H,5-6,8,16,19-21H2,1-4H3/t22-,23-,24+,30-/m1/s1. The minimum Gasteiger partial charge on any atom is -0.490 e. The van der Waals surface area contributed by atoms with Crippen LogP contribution in [0.1, 0.15) is 50.4 Å². The number of hydrogen-bond acceptors (Lipinski definition) is 9. The van der Waals surface area contributed by atoms with Crippen molar-refractivity contribution < 1.29 is 36.2 Å². The van der Waals surface area contributed by atoms with Crippen LogP contribution in [0.3, 0.4) is 0 Å². The van der Waals surface area contributed by atoms with Gasteiger partial charge in [0.2, 0.25) is 10.0 Å². The molecule has 2 heterocycles. The van der Waals surface area contributed by atoms with E-state index in [1.165, 1.54) is 52.7 Å². The van der Waals surface area contributed by atoms with Gasteiger partial charge in [0.15, 0.2) is 0 Å². The number of aliphatic hydroxyl groups is 1. The first-order valence-electron chi connectivity index (χ1n) is 15.3. The molecule has 2 N–H and O–H groups in total. The van der Waals surface area contributed by atoms with Crippen molar-refractivity contribution in [1.82, 2.24) is 9.21 Å². The second kappa shape index (κ2) is 16.1. The summed E-state index contributed by atoms with van der Waals surface area (Å²) in [6, 6.07) is 13.0. The zero-order chi connectivity index (χ0) is 34.4. The third-order valence-corrected chi connectivity index (χ3v) is 12.9. The van der Waals surface area contributed by atoms with Crippen LogP contribution in [0.15, 0.2) is 69.1 Å². The van der Waals surface area contributed by atoms with Crippen molar-refractivity contribution in [2.24, 2.45) is 5.92 Å². The van der Waals surface area contributed by atoms with Gasteiger partial charge in [-0.2, -0.15) is 4.31 Å². The van der Waals surface area contributed by atoms with Gasteiger partial charge in [0.1, 0.15) is 9.96 Å². The summed E-state index contributed by atoms with van der Waals surface area (Å²) >= 11 is 7.04. The van der Waals surface area contributed by atoms with Crippen LogP contribution in [0, 0.1) is 5.92 Å². The molecule has 1 aromatic heterocycles. The molecule has 4 rings (SSSR count). The van der Waals surface area contributed by atoms with Crippen LogP contribution in [0.5, 0.6) is 5.75 Å². The molecule has 2 aromatic carbocycles. The molecule has 258 valence electrons. The smallest absolute Gasteiger partial charge is 0.271 e. The van der Waals surface area contributed by atoms with Crippen molar-refractivity contribution in [2.75, 3.05) is 38.1 Å². The largest absolute Gasteiger partial charge is 0.490 e. The first kappa shape index (κ1) is 37.1. The quantitative estimate of drug-likeness (QED) is 0.302. The average Bonchev–Trinajstić information content (AvgIpc) is 3.59. The number of thiophene rings is 1. The van der Waals surface area contributed by atoms with Crippen molar-refractivity contribution in [3.8, 4) is 5.75 Å². The van der Waals surface area contributed by atoms with Gasteiger partial charge in [-0.1, -0.05) is 24.6 Å². The number of hydrogen-bond donors (Lipinski definition) is 2. The Morgan fingerprint density at radius 3 is 2.49 bits per heavy atom. The second-order valence-electron chi connectivity index (χ2n) is 11.8. The van der Waals surface area contributed by atoms with Crippen molar-refractivity contribution in [3.63, 3.8) is 0 Å². The molecule has 0 spiro atoms. The highest BCUT2D eigenvalue weighted by Gasteiger charge is 2.32. The highest BCUT2D eigenvalue weighted by molar-refractivity contribution is 7.94. The number of amides is 1. The summed E-state index contributed by atoms with van der Waals surface area (Å²) in [5, 5.41) is 12.3. The number of rotatable bonds is 9. The summed E-state index contributed by atoms with van der Waals surface area (Å²) in [5.74, 6) is -0.554. The third-order valence-electron chi connectivity index (χ3n) is 8.02. The highest BCUT2D eigenvalue weighted by atomic mass is 35.5. The van der Waals surface area contributed by atoms with Gasteiger partial charge >= 0.3 is 0 Å².